The second-order valence-corrected chi connectivity index (χ2v) is 4.47. The first-order valence-corrected chi connectivity index (χ1v) is 6.71. The number of hydrogen-bond donors (Lipinski definition) is 0. The molecule has 0 spiro atoms. The van der Waals surface area contributed by atoms with Gasteiger partial charge in [-0.2, -0.15) is 0 Å². The lowest BCUT2D eigenvalue weighted by molar-refractivity contribution is 0.0880. The summed E-state index contributed by atoms with van der Waals surface area (Å²) in [5, 5.41) is 0. The number of hydrogen-bond acceptors (Lipinski definition) is 1. The largest absolute Gasteiger partial charge is 0.374 e. The Morgan fingerprint density at radius 2 is 1.67 bits per heavy atom. The molecule has 0 saturated heterocycles. The maximum atomic E-state index is 5.70. The Morgan fingerprint density at radius 3 is 2.40 bits per heavy atom. The monoisotopic (exact) mass is 210 g/mol. The number of ether oxygens (including phenoxy) is 1. The molecule has 0 bridgehead atoms. The van der Waals surface area contributed by atoms with Gasteiger partial charge in [0.1, 0.15) is 0 Å². The second-order valence-electron chi connectivity index (χ2n) is 4.47. The molecule has 1 aliphatic rings. The fourth-order valence-electron chi connectivity index (χ4n) is 2.19. The van der Waals surface area contributed by atoms with E-state index in [1.54, 1.807) is 0 Å². The first-order valence-electron chi connectivity index (χ1n) is 6.71. The molecule has 1 heteroatoms. The van der Waals surface area contributed by atoms with Crippen LogP contribution in [0.5, 0.6) is 0 Å². The van der Waals surface area contributed by atoms with Gasteiger partial charge in [-0.05, 0) is 26.2 Å². The molecule has 0 saturated carbocycles. The summed E-state index contributed by atoms with van der Waals surface area (Å²) in [6.45, 7) is 2.93. The van der Waals surface area contributed by atoms with Crippen LogP contribution in [-0.2, 0) is 4.74 Å². The average molecular weight is 210 g/mol. The molecule has 1 atom stereocenters. The van der Waals surface area contributed by atoms with Gasteiger partial charge in [0.15, 0.2) is 0 Å². The number of allylic oxidation sites excluding steroid dienone is 1. The molecule has 1 rings (SSSR count). The summed E-state index contributed by atoms with van der Waals surface area (Å²) < 4.78 is 5.70. The predicted molar refractivity (Wildman–Crippen MR) is 66.1 cm³/mol. The van der Waals surface area contributed by atoms with Gasteiger partial charge in [-0.25, -0.2) is 0 Å². The van der Waals surface area contributed by atoms with E-state index in [1.807, 2.05) is 0 Å². The van der Waals surface area contributed by atoms with E-state index in [0.29, 0.717) is 6.10 Å². The highest BCUT2D eigenvalue weighted by atomic mass is 16.5. The lowest BCUT2D eigenvalue weighted by Gasteiger charge is -2.13. The van der Waals surface area contributed by atoms with Gasteiger partial charge in [0.25, 0.3) is 0 Å². The Labute approximate surface area is 94.9 Å². The summed E-state index contributed by atoms with van der Waals surface area (Å²) >= 11 is 0. The van der Waals surface area contributed by atoms with Gasteiger partial charge in [0.2, 0.25) is 0 Å². The van der Waals surface area contributed by atoms with Crippen molar-refractivity contribution >= 4 is 0 Å². The van der Waals surface area contributed by atoms with Crippen LogP contribution in [-0.4, -0.2) is 12.7 Å². The molecular formula is C14H26O. The van der Waals surface area contributed by atoms with Gasteiger partial charge in [-0.3, -0.25) is 0 Å². The van der Waals surface area contributed by atoms with Crippen LogP contribution in [0.4, 0.5) is 0 Å². The molecule has 0 aromatic heterocycles. The zero-order valence-electron chi connectivity index (χ0n) is 10.2. The van der Waals surface area contributed by atoms with Gasteiger partial charge >= 0.3 is 0 Å². The standard InChI is InChI=1S/C14H26O/c1-2-15-14-12-10-8-6-4-3-5-7-9-11-13-14/h10,12,14H,2-9,11,13H2,1H3. The van der Waals surface area contributed by atoms with E-state index in [9.17, 15) is 0 Å². The molecule has 1 nitrogen and oxygen atoms in total. The predicted octanol–water partition coefficient (Wildman–Crippen LogP) is 4.47. The molecule has 0 heterocycles. The van der Waals surface area contributed by atoms with Crippen LogP contribution in [0.25, 0.3) is 0 Å². The van der Waals surface area contributed by atoms with Crippen LogP contribution in [0.1, 0.15) is 64.7 Å². The molecule has 0 aromatic carbocycles. The highest BCUT2D eigenvalue weighted by Gasteiger charge is 2.04. The minimum atomic E-state index is 0.384. The van der Waals surface area contributed by atoms with Crippen LogP contribution in [0, 0.1) is 0 Å². The summed E-state index contributed by atoms with van der Waals surface area (Å²) in [6.07, 6.45) is 17.2. The zero-order valence-corrected chi connectivity index (χ0v) is 10.2. The molecule has 0 N–H and O–H groups in total. The van der Waals surface area contributed by atoms with Crippen molar-refractivity contribution in [1.29, 1.82) is 0 Å². The van der Waals surface area contributed by atoms with Crippen LogP contribution >= 0.6 is 0 Å². The maximum absolute atomic E-state index is 5.70. The molecule has 0 radical (unpaired) electrons. The van der Waals surface area contributed by atoms with Crippen molar-refractivity contribution in [1.82, 2.24) is 0 Å². The van der Waals surface area contributed by atoms with Crippen molar-refractivity contribution < 1.29 is 4.74 Å². The molecule has 0 aromatic rings. The van der Waals surface area contributed by atoms with E-state index in [4.69, 9.17) is 4.74 Å². The molecule has 88 valence electrons. The Morgan fingerprint density at radius 1 is 1.00 bits per heavy atom. The fourth-order valence-corrected chi connectivity index (χ4v) is 2.19. The second kappa shape index (κ2) is 8.96. The SMILES string of the molecule is CCOC1C=CCCCCCCCCC1. The first kappa shape index (κ1) is 12.8. The summed E-state index contributed by atoms with van der Waals surface area (Å²) in [5.41, 5.74) is 0. The third-order valence-electron chi connectivity index (χ3n) is 3.09. The molecule has 0 amide bonds. The van der Waals surface area contributed by atoms with Crippen LogP contribution < -0.4 is 0 Å². The maximum Gasteiger partial charge on any atom is 0.0755 e. The van der Waals surface area contributed by atoms with Crippen LogP contribution in [0.15, 0.2) is 12.2 Å². The molecule has 0 aliphatic heterocycles. The Balaban J connectivity index is 2.30. The van der Waals surface area contributed by atoms with Crippen molar-refractivity contribution in [3.8, 4) is 0 Å². The molecule has 15 heavy (non-hydrogen) atoms. The molecule has 1 aliphatic carbocycles. The normalized spacial score (nSPS) is 25.5. The summed E-state index contributed by atoms with van der Waals surface area (Å²) in [4.78, 5) is 0. The topological polar surface area (TPSA) is 9.23 Å². The van der Waals surface area contributed by atoms with Gasteiger partial charge in [-0.15, -0.1) is 0 Å². The third-order valence-corrected chi connectivity index (χ3v) is 3.09. The summed E-state index contributed by atoms with van der Waals surface area (Å²) in [7, 11) is 0. The van der Waals surface area contributed by atoms with E-state index in [1.165, 1.54) is 57.8 Å². The van der Waals surface area contributed by atoms with E-state index < -0.39 is 0 Å². The van der Waals surface area contributed by atoms with E-state index in [2.05, 4.69) is 19.1 Å². The van der Waals surface area contributed by atoms with Crippen molar-refractivity contribution in [3.05, 3.63) is 12.2 Å². The summed E-state index contributed by atoms with van der Waals surface area (Å²) in [6, 6.07) is 0. The highest BCUT2D eigenvalue weighted by Crippen LogP contribution is 2.14. The van der Waals surface area contributed by atoms with Gasteiger partial charge < -0.3 is 4.74 Å². The van der Waals surface area contributed by atoms with E-state index >= 15 is 0 Å². The minimum Gasteiger partial charge on any atom is -0.374 e. The number of rotatable bonds is 2. The Bertz CT molecular complexity index is 163. The van der Waals surface area contributed by atoms with Crippen LogP contribution in [0.2, 0.25) is 0 Å². The van der Waals surface area contributed by atoms with Gasteiger partial charge in [0.05, 0.1) is 6.10 Å². The Hall–Kier alpha value is -0.300. The lowest BCUT2D eigenvalue weighted by atomic mass is 10.0. The lowest BCUT2D eigenvalue weighted by Crippen LogP contribution is -2.09. The van der Waals surface area contributed by atoms with Crippen LogP contribution in [0.3, 0.4) is 0 Å². The van der Waals surface area contributed by atoms with Gasteiger partial charge in [-0.1, -0.05) is 50.7 Å². The molecular weight excluding hydrogens is 184 g/mol. The van der Waals surface area contributed by atoms with E-state index in [-0.39, 0.29) is 0 Å². The smallest absolute Gasteiger partial charge is 0.0755 e. The van der Waals surface area contributed by atoms with Crippen molar-refractivity contribution in [2.45, 2.75) is 70.8 Å². The van der Waals surface area contributed by atoms with Gasteiger partial charge in [0, 0.05) is 6.61 Å². The zero-order chi connectivity index (χ0) is 10.8. The fraction of sp³-hybridized carbons (Fsp3) is 0.857. The highest BCUT2D eigenvalue weighted by molar-refractivity contribution is 4.89. The van der Waals surface area contributed by atoms with Crippen molar-refractivity contribution in [2.24, 2.45) is 0 Å². The first-order chi connectivity index (χ1) is 7.43. The van der Waals surface area contributed by atoms with Crippen molar-refractivity contribution in [3.63, 3.8) is 0 Å². The average Bonchev–Trinajstić information content (AvgIpc) is 2.22. The van der Waals surface area contributed by atoms with Crippen molar-refractivity contribution in [2.75, 3.05) is 6.61 Å². The third kappa shape index (κ3) is 6.72. The summed E-state index contributed by atoms with van der Waals surface area (Å²) in [5.74, 6) is 0. The molecule has 1 unspecified atom stereocenters. The Kier molecular flexibility index (Phi) is 7.63. The molecule has 0 fully saturated rings. The quantitative estimate of drug-likeness (QED) is 0.611. The van der Waals surface area contributed by atoms with E-state index in [0.717, 1.165) is 6.61 Å². The minimum absolute atomic E-state index is 0.384.